The van der Waals surface area contributed by atoms with Crippen molar-refractivity contribution in [2.24, 2.45) is 0 Å². The minimum absolute atomic E-state index is 0.903. The van der Waals surface area contributed by atoms with Crippen molar-refractivity contribution in [1.82, 2.24) is 0 Å². The normalized spacial score (nSPS) is 12.0. The first-order valence-corrected chi connectivity index (χ1v) is 14.8. The molecular weight excluding hydrogens is 348 g/mol. The van der Waals surface area contributed by atoms with Crippen LogP contribution in [0.2, 0.25) is 12.1 Å². The lowest BCUT2D eigenvalue weighted by atomic mass is 10.0. The molecule has 0 aromatic rings. The van der Waals surface area contributed by atoms with E-state index >= 15 is 0 Å². The van der Waals surface area contributed by atoms with Crippen molar-refractivity contribution in [3.05, 3.63) is 0 Å². The van der Waals surface area contributed by atoms with Crippen molar-refractivity contribution < 1.29 is 8.85 Å². The molecule has 0 rings (SSSR count). The monoisotopic (exact) mass is 400 g/mol. The van der Waals surface area contributed by atoms with Crippen LogP contribution in [0.25, 0.3) is 0 Å². The zero-order valence-electron chi connectivity index (χ0n) is 19.5. The molecule has 27 heavy (non-hydrogen) atoms. The smallest absolute Gasteiger partial charge is 0.337 e. The molecule has 0 aromatic heterocycles. The van der Waals surface area contributed by atoms with Gasteiger partial charge in [-0.15, -0.1) is 0 Å². The summed E-state index contributed by atoms with van der Waals surface area (Å²) in [6.45, 7) is 10.9. The molecule has 0 unspecified atom stereocenters. The average molecular weight is 401 g/mol. The Labute approximate surface area is 173 Å². The Hall–Kier alpha value is 0.137. The van der Waals surface area contributed by atoms with E-state index in [-0.39, 0.29) is 0 Å². The molecule has 164 valence electrons. The van der Waals surface area contributed by atoms with Crippen LogP contribution in [0, 0.1) is 0 Å². The summed E-state index contributed by atoms with van der Waals surface area (Å²) in [5, 5.41) is 0. The van der Waals surface area contributed by atoms with E-state index in [1.54, 1.807) is 0 Å². The summed E-state index contributed by atoms with van der Waals surface area (Å²) >= 11 is 0. The van der Waals surface area contributed by atoms with E-state index in [0.29, 0.717) is 0 Å². The third kappa shape index (κ3) is 16.8. The highest BCUT2D eigenvalue weighted by Gasteiger charge is 2.33. The molecule has 0 spiro atoms. The molecule has 0 saturated heterocycles. The van der Waals surface area contributed by atoms with Gasteiger partial charge in [-0.25, -0.2) is 0 Å². The van der Waals surface area contributed by atoms with Crippen LogP contribution < -0.4 is 0 Å². The van der Waals surface area contributed by atoms with E-state index in [4.69, 9.17) is 8.85 Å². The highest BCUT2D eigenvalue weighted by atomic mass is 28.4. The van der Waals surface area contributed by atoms with Gasteiger partial charge >= 0.3 is 8.56 Å². The second-order valence-electron chi connectivity index (χ2n) is 8.26. The van der Waals surface area contributed by atoms with Crippen molar-refractivity contribution in [2.45, 2.75) is 143 Å². The van der Waals surface area contributed by atoms with Gasteiger partial charge in [0.05, 0.1) is 0 Å². The average Bonchev–Trinajstić information content (AvgIpc) is 2.70. The molecule has 3 heteroatoms. The maximum absolute atomic E-state index is 6.32. The Balaban J connectivity index is 3.49. The fourth-order valence-electron chi connectivity index (χ4n) is 3.69. The second-order valence-corrected chi connectivity index (χ2v) is 12.1. The summed E-state index contributed by atoms with van der Waals surface area (Å²) in [6.07, 6.45) is 22.0. The van der Waals surface area contributed by atoms with E-state index in [2.05, 4.69) is 27.7 Å². The van der Waals surface area contributed by atoms with Gasteiger partial charge in [0.15, 0.2) is 0 Å². The van der Waals surface area contributed by atoms with Gasteiger partial charge in [0, 0.05) is 13.2 Å². The standard InChI is InChI=1S/C24H52O2Si/c1-5-9-11-12-13-14-15-16-17-18-19-20-22-24-26-27(7-3,8-4)25-23-21-10-6-2/h5-24H2,1-4H3. The zero-order chi connectivity index (χ0) is 20.1. The molecular formula is C24H52O2Si. The molecule has 0 aliphatic carbocycles. The summed E-state index contributed by atoms with van der Waals surface area (Å²) in [5.74, 6) is 0. The predicted molar refractivity (Wildman–Crippen MR) is 124 cm³/mol. The summed E-state index contributed by atoms with van der Waals surface area (Å²) in [4.78, 5) is 0. The highest BCUT2D eigenvalue weighted by molar-refractivity contribution is 6.67. The van der Waals surface area contributed by atoms with Gasteiger partial charge in [0.2, 0.25) is 0 Å². The molecule has 0 bridgehead atoms. The molecule has 0 N–H and O–H groups in total. The van der Waals surface area contributed by atoms with E-state index in [0.717, 1.165) is 25.3 Å². The number of hydrogen-bond donors (Lipinski definition) is 0. The highest BCUT2D eigenvalue weighted by Crippen LogP contribution is 2.20. The fourth-order valence-corrected chi connectivity index (χ4v) is 6.12. The molecule has 0 amide bonds. The minimum Gasteiger partial charge on any atom is -0.394 e. The molecule has 2 nitrogen and oxygen atoms in total. The van der Waals surface area contributed by atoms with Crippen LogP contribution in [0.15, 0.2) is 0 Å². The van der Waals surface area contributed by atoms with Gasteiger partial charge in [0.1, 0.15) is 0 Å². The van der Waals surface area contributed by atoms with Crippen molar-refractivity contribution in [3.8, 4) is 0 Å². The van der Waals surface area contributed by atoms with Crippen LogP contribution in [-0.2, 0) is 8.85 Å². The van der Waals surface area contributed by atoms with Gasteiger partial charge in [-0.3, -0.25) is 0 Å². The SMILES string of the molecule is CCCCCCCCCCCCCCCO[Si](CC)(CC)OCCCCC. The van der Waals surface area contributed by atoms with Gasteiger partial charge in [-0.05, 0) is 24.9 Å². The van der Waals surface area contributed by atoms with Crippen LogP contribution in [-0.4, -0.2) is 21.8 Å². The lowest BCUT2D eigenvalue weighted by molar-refractivity contribution is 0.163. The van der Waals surface area contributed by atoms with E-state index in [1.165, 1.54) is 103 Å². The van der Waals surface area contributed by atoms with Gasteiger partial charge in [-0.1, -0.05) is 118 Å². The quantitative estimate of drug-likeness (QED) is 0.133. The maximum atomic E-state index is 6.32. The minimum atomic E-state index is -1.90. The Bertz CT molecular complexity index is 280. The first-order chi connectivity index (χ1) is 13.2. The molecule has 0 saturated carbocycles. The summed E-state index contributed by atoms with van der Waals surface area (Å²) < 4.78 is 12.6. The molecule has 0 radical (unpaired) electrons. The summed E-state index contributed by atoms with van der Waals surface area (Å²) in [7, 11) is -1.90. The Morgan fingerprint density at radius 3 is 1.07 bits per heavy atom. The number of hydrogen-bond acceptors (Lipinski definition) is 2. The largest absolute Gasteiger partial charge is 0.394 e. The van der Waals surface area contributed by atoms with E-state index in [1.807, 2.05) is 0 Å². The topological polar surface area (TPSA) is 18.5 Å². The van der Waals surface area contributed by atoms with Crippen molar-refractivity contribution in [3.63, 3.8) is 0 Å². The molecule has 0 aromatic carbocycles. The van der Waals surface area contributed by atoms with Gasteiger partial charge in [0.25, 0.3) is 0 Å². The third-order valence-electron chi connectivity index (χ3n) is 5.80. The predicted octanol–water partition coefficient (Wildman–Crippen LogP) is 8.78. The lowest BCUT2D eigenvalue weighted by Gasteiger charge is -2.29. The van der Waals surface area contributed by atoms with Crippen molar-refractivity contribution in [1.29, 1.82) is 0 Å². The first kappa shape index (κ1) is 27.1. The van der Waals surface area contributed by atoms with Crippen LogP contribution in [0.3, 0.4) is 0 Å². The number of rotatable bonds is 22. The third-order valence-corrected chi connectivity index (χ3v) is 9.42. The zero-order valence-corrected chi connectivity index (χ0v) is 20.5. The van der Waals surface area contributed by atoms with Crippen molar-refractivity contribution in [2.75, 3.05) is 13.2 Å². The van der Waals surface area contributed by atoms with Gasteiger partial charge in [-0.2, -0.15) is 0 Å². The molecule has 0 atom stereocenters. The molecule has 0 aliphatic rings. The fraction of sp³-hybridized carbons (Fsp3) is 1.00. The van der Waals surface area contributed by atoms with Crippen molar-refractivity contribution >= 4 is 8.56 Å². The first-order valence-electron chi connectivity index (χ1n) is 12.5. The Morgan fingerprint density at radius 1 is 0.407 bits per heavy atom. The maximum Gasteiger partial charge on any atom is 0.337 e. The van der Waals surface area contributed by atoms with Crippen LogP contribution >= 0.6 is 0 Å². The van der Waals surface area contributed by atoms with Crippen LogP contribution in [0.1, 0.15) is 130 Å². The van der Waals surface area contributed by atoms with E-state index in [9.17, 15) is 0 Å². The lowest BCUT2D eigenvalue weighted by Crippen LogP contribution is -2.41. The number of unbranched alkanes of at least 4 members (excludes halogenated alkanes) is 14. The summed E-state index contributed by atoms with van der Waals surface area (Å²) in [5.41, 5.74) is 0. The molecule has 0 aliphatic heterocycles. The second kappa shape index (κ2) is 20.9. The Kier molecular flexibility index (Phi) is 21.0. The van der Waals surface area contributed by atoms with E-state index < -0.39 is 8.56 Å². The van der Waals surface area contributed by atoms with Crippen LogP contribution in [0.5, 0.6) is 0 Å². The van der Waals surface area contributed by atoms with Gasteiger partial charge < -0.3 is 8.85 Å². The molecule has 0 heterocycles. The van der Waals surface area contributed by atoms with Crippen LogP contribution in [0.4, 0.5) is 0 Å². The molecule has 0 fully saturated rings. The Morgan fingerprint density at radius 2 is 0.704 bits per heavy atom. The summed E-state index contributed by atoms with van der Waals surface area (Å²) in [6, 6.07) is 2.18.